The fourth-order valence-electron chi connectivity index (χ4n) is 2.13. The normalized spacial score (nSPS) is 12.6. The Bertz CT molecular complexity index is 539. The first-order chi connectivity index (χ1) is 9.24. The van der Waals surface area contributed by atoms with Gasteiger partial charge in [-0.15, -0.1) is 0 Å². The van der Waals surface area contributed by atoms with Crippen LogP contribution in [0.3, 0.4) is 0 Å². The van der Waals surface area contributed by atoms with E-state index in [-0.39, 0.29) is 6.04 Å². The quantitative estimate of drug-likeness (QED) is 0.810. The number of rotatable bonds is 6. The zero-order valence-electron chi connectivity index (χ0n) is 11.6. The Morgan fingerprint density at radius 3 is 2.74 bits per heavy atom. The Hall–Kier alpha value is -1.19. The van der Waals surface area contributed by atoms with E-state index in [4.69, 9.17) is 10.5 Å². The second-order valence-electron chi connectivity index (χ2n) is 4.54. The molecule has 0 aliphatic rings. The standard InChI is InChI=1S/C16H21NOS/c1-3-19-11-10-18-16-14(12(2)17)9-8-13-6-4-5-7-15(13)16/h4-9,12H,3,10-11,17H2,1-2H3/t12-/m1/s1. The Labute approximate surface area is 119 Å². The largest absolute Gasteiger partial charge is 0.492 e. The minimum Gasteiger partial charge on any atom is -0.492 e. The third-order valence-electron chi connectivity index (χ3n) is 3.08. The lowest BCUT2D eigenvalue weighted by Crippen LogP contribution is -2.10. The van der Waals surface area contributed by atoms with E-state index in [1.165, 1.54) is 5.39 Å². The minimum atomic E-state index is -0.0153. The third kappa shape index (κ3) is 3.43. The first kappa shape index (κ1) is 14.2. The zero-order chi connectivity index (χ0) is 13.7. The van der Waals surface area contributed by atoms with Gasteiger partial charge in [-0.25, -0.2) is 0 Å². The van der Waals surface area contributed by atoms with E-state index in [1.54, 1.807) is 0 Å². The number of hydrogen-bond donors (Lipinski definition) is 1. The van der Waals surface area contributed by atoms with Crippen molar-refractivity contribution in [1.82, 2.24) is 0 Å². The van der Waals surface area contributed by atoms with Gasteiger partial charge < -0.3 is 10.5 Å². The Kier molecular flexibility index (Phi) is 5.11. The lowest BCUT2D eigenvalue weighted by Gasteiger charge is -2.16. The Morgan fingerprint density at radius 1 is 1.21 bits per heavy atom. The van der Waals surface area contributed by atoms with E-state index in [9.17, 15) is 0 Å². The van der Waals surface area contributed by atoms with Gasteiger partial charge >= 0.3 is 0 Å². The molecule has 0 aromatic heterocycles. The lowest BCUT2D eigenvalue weighted by atomic mass is 10.0. The van der Waals surface area contributed by atoms with Gasteiger partial charge in [0.2, 0.25) is 0 Å². The highest BCUT2D eigenvalue weighted by molar-refractivity contribution is 7.99. The van der Waals surface area contributed by atoms with Crippen LogP contribution in [0, 0.1) is 0 Å². The van der Waals surface area contributed by atoms with Crippen LogP contribution in [0.15, 0.2) is 36.4 Å². The van der Waals surface area contributed by atoms with Crippen molar-refractivity contribution in [2.45, 2.75) is 19.9 Å². The predicted molar refractivity (Wildman–Crippen MR) is 85.0 cm³/mol. The van der Waals surface area contributed by atoms with Crippen LogP contribution in [0.1, 0.15) is 25.5 Å². The highest BCUT2D eigenvalue weighted by atomic mass is 32.2. The number of hydrogen-bond acceptors (Lipinski definition) is 3. The van der Waals surface area contributed by atoms with Gasteiger partial charge in [-0.3, -0.25) is 0 Å². The number of benzene rings is 2. The molecule has 102 valence electrons. The van der Waals surface area contributed by atoms with E-state index in [0.717, 1.165) is 34.8 Å². The monoisotopic (exact) mass is 275 g/mol. The zero-order valence-corrected chi connectivity index (χ0v) is 12.4. The predicted octanol–water partition coefficient (Wildman–Crippen LogP) is 3.99. The van der Waals surface area contributed by atoms with Gasteiger partial charge in [0.15, 0.2) is 0 Å². The van der Waals surface area contributed by atoms with Gasteiger partial charge in [-0.2, -0.15) is 11.8 Å². The molecule has 2 nitrogen and oxygen atoms in total. The topological polar surface area (TPSA) is 35.2 Å². The molecule has 19 heavy (non-hydrogen) atoms. The molecule has 1 atom stereocenters. The number of fused-ring (bicyclic) bond motifs is 1. The number of thioether (sulfide) groups is 1. The molecule has 3 heteroatoms. The minimum absolute atomic E-state index is 0.0153. The van der Waals surface area contributed by atoms with Crippen LogP contribution in [0.5, 0.6) is 5.75 Å². The van der Waals surface area contributed by atoms with Gasteiger partial charge in [0.1, 0.15) is 5.75 Å². The SMILES string of the molecule is CCSCCOc1c([C@@H](C)N)ccc2ccccc12. The summed E-state index contributed by atoms with van der Waals surface area (Å²) in [4.78, 5) is 0. The molecule has 0 unspecified atom stereocenters. The van der Waals surface area contributed by atoms with Crippen molar-refractivity contribution in [3.8, 4) is 5.75 Å². The smallest absolute Gasteiger partial charge is 0.131 e. The molecule has 0 aliphatic heterocycles. The van der Waals surface area contributed by atoms with Crippen molar-refractivity contribution >= 4 is 22.5 Å². The first-order valence-electron chi connectivity index (χ1n) is 6.71. The second kappa shape index (κ2) is 6.83. The van der Waals surface area contributed by atoms with Crippen molar-refractivity contribution in [3.63, 3.8) is 0 Å². The first-order valence-corrected chi connectivity index (χ1v) is 7.87. The summed E-state index contributed by atoms with van der Waals surface area (Å²) >= 11 is 1.89. The number of nitrogens with two attached hydrogens (primary N) is 1. The van der Waals surface area contributed by atoms with E-state index >= 15 is 0 Å². The molecule has 2 aromatic rings. The highest BCUT2D eigenvalue weighted by Gasteiger charge is 2.11. The molecule has 0 aliphatic carbocycles. The summed E-state index contributed by atoms with van der Waals surface area (Å²) in [5.74, 6) is 3.08. The van der Waals surface area contributed by atoms with E-state index in [0.29, 0.717) is 0 Å². The lowest BCUT2D eigenvalue weighted by molar-refractivity contribution is 0.342. The van der Waals surface area contributed by atoms with Crippen molar-refractivity contribution < 1.29 is 4.74 Å². The molecule has 2 aromatic carbocycles. The van der Waals surface area contributed by atoms with E-state index < -0.39 is 0 Å². The summed E-state index contributed by atoms with van der Waals surface area (Å²) in [7, 11) is 0. The van der Waals surface area contributed by atoms with Gasteiger partial charge in [-0.05, 0) is 18.1 Å². The van der Waals surface area contributed by atoms with E-state index in [2.05, 4.69) is 31.2 Å². The Morgan fingerprint density at radius 2 is 2.00 bits per heavy atom. The maximum absolute atomic E-state index is 6.05. The van der Waals surface area contributed by atoms with Gasteiger partial charge in [0.25, 0.3) is 0 Å². The van der Waals surface area contributed by atoms with Gasteiger partial charge in [-0.1, -0.05) is 43.3 Å². The summed E-state index contributed by atoms with van der Waals surface area (Å²) in [6.45, 7) is 4.89. The molecule has 0 amide bonds. The van der Waals surface area contributed by atoms with Crippen molar-refractivity contribution in [2.24, 2.45) is 5.73 Å². The third-order valence-corrected chi connectivity index (χ3v) is 3.94. The highest BCUT2D eigenvalue weighted by Crippen LogP contribution is 2.32. The van der Waals surface area contributed by atoms with Crippen molar-refractivity contribution in [1.29, 1.82) is 0 Å². The average Bonchev–Trinajstić information content (AvgIpc) is 2.43. The molecule has 0 radical (unpaired) electrons. The van der Waals surface area contributed by atoms with Gasteiger partial charge in [0.05, 0.1) is 6.61 Å². The van der Waals surface area contributed by atoms with Crippen LogP contribution < -0.4 is 10.5 Å². The molecule has 0 heterocycles. The summed E-state index contributed by atoms with van der Waals surface area (Å²) in [6, 6.07) is 12.5. The van der Waals surface area contributed by atoms with Crippen LogP contribution in [0.25, 0.3) is 10.8 Å². The van der Waals surface area contributed by atoms with Crippen LogP contribution in [0.4, 0.5) is 0 Å². The van der Waals surface area contributed by atoms with Gasteiger partial charge in [0, 0.05) is 22.7 Å². The van der Waals surface area contributed by atoms with Crippen molar-refractivity contribution in [2.75, 3.05) is 18.1 Å². The van der Waals surface area contributed by atoms with Crippen LogP contribution in [-0.4, -0.2) is 18.1 Å². The van der Waals surface area contributed by atoms with Crippen LogP contribution >= 0.6 is 11.8 Å². The summed E-state index contributed by atoms with van der Waals surface area (Å²) in [5, 5.41) is 2.35. The Balaban J connectivity index is 2.33. The summed E-state index contributed by atoms with van der Waals surface area (Å²) in [5.41, 5.74) is 7.13. The average molecular weight is 275 g/mol. The maximum atomic E-state index is 6.05. The molecule has 0 saturated carbocycles. The molecule has 2 rings (SSSR count). The fourth-order valence-corrected chi connectivity index (χ4v) is 2.62. The molecular weight excluding hydrogens is 254 g/mol. The molecule has 0 spiro atoms. The summed E-state index contributed by atoms with van der Waals surface area (Å²) in [6.07, 6.45) is 0. The molecular formula is C16H21NOS. The van der Waals surface area contributed by atoms with Crippen LogP contribution in [-0.2, 0) is 0 Å². The maximum Gasteiger partial charge on any atom is 0.131 e. The van der Waals surface area contributed by atoms with E-state index in [1.807, 2.05) is 30.8 Å². The van der Waals surface area contributed by atoms with Crippen LogP contribution in [0.2, 0.25) is 0 Å². The second-order valence-corrected chi connectivity index (χ2v) is 5.93. The molecule has 0 saturated heterocycles. The molecule has 2 N–H and O–H groups in total. The summed E-state index contributed by atoms with van der Waals surface area (Å²) < 4.78 is 6.01. The fraction of sp³-hybridized carbons (Fsp3) is 0.375. The van der Waals surface area contributed by atoms with Crippen molar-refractivity contribution in [3.05, 3.63) is 42.0 Å². The molecule has 0 fully saturated rings. The number of ether oxygens (including phenoxy) is 1. The molecule has 0 bridgehead atoms.